The maximum absolute atomic E-state index is 5.92. The van der Waals surface area contributed by atoms with E-state index in [9.17, 15) is 0 Å². The predicted molar refractivity (Wildman–Crippen MR) is 60.6 cm³/mol. The highest BCUT2D eigenvalue weighted by molar-refractivity contribution is 6.32. The lowest BCUT2D eigenvalue weighted by molar-refractivity contribution is 0.195. The third-order valence-corrected chi connectivity index (χ3v) is 2.50. The number of nitrogen functional groups attached to an aromatic ring is 1. The summed E-state index contributed by atoms with van der Waals surface area (Å²) in [5.74, 6) is 0.149. The Morgan fingerprint density at radius 3 is 3.06 bits per heavy atom. The van der Waals surface area contributed by atoms with Crippen LogP contribution in [-0.2, 0) is 0 Å². The Hall–Kier alpha value is -1.56. The first kappa shape index (κ1) is 10.9. The average molecular weight is 242 g/mol. The molecule has 6 nitrogen and oxygen atoms in total. The molecule has 2 N–H and O–H groups in total. The molecular formula is C9H12ClN5O. The summed E-state index contributed by atoms with van der Waals surface area (Å²) in [4.78, 5) is 7.91. The SMILES string of the molecule is CCC(C)Oc1nc(Cl)c2cnc(N)nn12. The normalized spacial score (nSPS) is 12.9. The van der Waals surface area contributed by atoms with Crippen LogP contribution in [0, 0.1) is 0 Å². The van der Waals surface area contributed by atoms with Crippen LogP contribution in [0.2, 0.25) is 5.15 Å². The highest BCUT2D eigenvalue weighted by atomic mass is 35.5. The van der Waals surface area contributed by atoms with Gasteiger partial charge < -0.3 is 10.5 Å². The Labute approximate surface area is 97.4 Å². The lowest BCUT2D eigenvalue weighted by Crippen LogP contribution is -2.13. The van der Waals surface area contributed by atoms with Crippen LogP contribution in [0.25, 0.3) is 5.52 Å². The number of nitrogens with zero attached hydrogens (tertiary/aromatic N) is 4. The molecule has 2 aromatic rings. The Morgan fingerprint density at radius 1 is 1.62 bits per heavy atom. The minimum Gasteiger partial charge on any atom is -0.460 e. The summed E-state index contributed by atoms with van der Waals surface area (Å²) in [6.07, 6.45) is 2.42. The molecule has 86 valence electrons. The van der Waals surface area contributed by atoms with Gasteiger partial charge in [-0.1, -0.05) is 18.5 Å². The second-order valence-corrected chi connectivity index (χ2v) is 3.79. The van der Waals surface area contributed by atoms with E-state index in [0.717, 1.165) is 6.42 Å². The molecule has 2 heterocycles. The van der Waals surface area contributed by atoms with Gasteiger partial charge in [-0.3, -0.25) is 0 Å². The van der Waals surface area contributed by atoms with Crippen molar-refractivity contribution in [2.45, 2.75) is 26.4 Å². The number of nitrogens with two attached hydrogens (primary N) is 1. The fraction of sp³-hybridized carbons (Fsp3) is 0.444. The van der Waals surface area contributed by atoms with Crippen molar-refractivity contribution in [1.29, 1.82) is 0 Å². The molecule has 0 saturated carbocycles. The summed E-state index contributed by atoms with van der Waals surface area (Å²) in [7, 11) is 0. The predicted octanol–water partition coefficient (Wildman–Crippen LogP) is 1.54. The van der Waals surface area contributed by atoms with Crippen molar-refractivity contribution < 1.29 is 4.74 Å². The Bertz CT molecular complexity index is 512. The molecule has 2 rings (SSSR count). The minimum atomic E-state index is 0.0397. The molecular weight excluding hydrogens is 230 g/mol. The maximum Gasteiger partial charge on any atom is 0.320 e. The van der Waals surface area contributed by atoms with E-state index in [0.29, 0.717) is 16.7 Å². The van der Waals surface area contributed by atoms with Gasteiger partial charge >= 0.3 is 6.01 Å². The quantitative estimate of drug-likeness (QED) is 0.882. The van der Waals surface area contributed by atoms with Crippen LogP contribution in [0.4, 0.5) is 5.95 Å². The third kappa shape index (κ3) is 1.88. The van der Waals surface area contributed by atoms with Crippen LogP contribution in [0.3, 0.4) is 0 Å². The van der Waals surface area contributed by atoms with Crippen molar-refractivity contribution in [1.82, 2.24) is 19.6 Å². The van der Waals surface area contributed by atoms with Gasteiger partial charge in [-0.2, -0.15) is 9.50 Å². The number of aromatic nitrogens is 4. The van der Waals surface area contributed by atoms with E-state index < -0.39 is 0 Å². The molecule has 0 bridgehead atoms. The van der Waals surface area contributed by atoms with Crippen LogP contribution in [0.1, 0.15) is 20.3 Å². The van der Waals surface area contributed by atoms with Crippen LogP contribution in [0.5, 0.6) is 6.01 Å². The summed E-state index contributed by atoms with van der Waals surface area (Å²) in [5.41, 5.74) is 6.07. The highest BCUT2D eigenvalue weighted by Gasteiger charge is 2.14. The third-order valence-electron chi connectivity index (χ3n) is 2.22. The van der Waals surface area contributed by atoms with Gasteiger partial charge in [0.1, 0.15) is 5.52 Å². The first-order valence-corrected chi connectivity index (χ1v) is 5.33. The van der Waals surface area contributed by atoms with Gasteiger partial charge in [0.05, 0.1) is 12.3 Å². The monoisotopic (exact) mass is 241 g/mol. The molecule has 1 unspecified atom stereocenters. The standard InChI is InChI=1S/C9H12ClN5O/c1-3-5(2)16-9-13-7(10)6-4-12-8(11)14-15(6)9/h4-5H,3H2,1-2H3,(H2,11,14). The summed E-state index contributed by atoms with van der Waals surface area (Å²) in [6, 6.07) is 0.337. The zero-order chi connectivity index (χ0) is 11.7. The van der Waals surface area contributed by atoms with Crippen LogP contribution in [-0.4, -0.2) is 25.7 Å². The number of rotatable bonds is 3. The van der Waals surface area contributed by atoms with Gasteiger partial charge in [-0.15, -0.1) is 5.10 Å². The number of anilines is 1. The molecule has 1 atom stereocenters. The Kier molecular flexibility index (Phi) is 2.82. The zero-order valence-corrected chi connectivity index (χ0v) is 9.77. The average Bonchev–Trinajstić information content (AvgIpc) is 2.55. The van der Waals surface area contributed by atoms with E-state index in [1.165, 1.54) is 10.7 Å². The Balaban J connectivity index is 2.48. The molecule has 0 fully saturated rings. The first-order chi connectivity index (χ1) is 7.61. The largest absolute Gasteiger partial charge is 0.460 e. The highest BCUT2D eigenvalue weighted by Crippen LogP contribution is 2.22. The summed E-state index contributed by atoms with van der Waals surface area (Å²) in [6.45, 7) is 3.96. The number of halogens is 1. The van der Waals surface area contributed by atoms with Crippen LogP contribution < -0.4 is 10.5 Å². The van der Waals surface area contributed by atoms with E-state index in [1.807, 2.05) is 13.8 Å². The number of hydrogen-bond donors (Lipinski definition) is 1. The summed E-state index contributed by atoms with van der Waals surface area (Å²) < 4.78 is 7.03. The van der Waals surface area contributed by atoms with Crippen molar-refractivity contribution in [3.8, 4) is 6.01 Å². The second kappa shape index (κ2) is 4.13. The van der Waals surface area contributed by atoms with Gasteiger partial charge in [0.15, 0.2) is 5.15 Å². The first-order valence-electron chi connectivity index (χ1n) is 4.95. The molecule has 0 aliphatic heterocycles. The lowest BCUT2D eigenvalue weighted by Gasteiger charge is -2.09. The number of ether oxygens (including phenoxy) is 1. The smallest absolute Gasteiger partial charge is 0.320 e. The van der Waals surface area contributed by atoms with Crippen molar-refractivity contribution in [3.05, 3.63) is 11.3 Å². The zero-order valence-electron chi connectivity index (χ0n) is 9.01. The number of fused-ring (bicyclic) bond motifs is 1. The fourth-order valence-corrected chi connectivity index (χ4v) is 1.38. The van der Waals surface area contributed by atoms with Crippen molar-refractivity contribution >= 4 is 23.1 Å². The molecule has 0 spiro atoms. The van der Waals surface area contributed by atoms with E-state index in [-0.39, 0.29) is 12.1 Å². The molecule has 0 saturated heterocycles. The van der Waals surface area contributed by atoms with E-state index in [1.54, 1.807) is 0 Å². The lowest BCUT2D eigenvalue weighted by atomic mass is 10.3. The fourth-order valence-electron chi connectivity index (χ4n) is 1.18. The minimum absolute atomic E-state index is 0.0397. The maximum atomic E-state index is 5.92. The van der Waals surface area contributed by atoms with E-state index in [4.69, 9.17) is 22.1 Å². The van der Waals surface area contributed by atoms with Crippen molar-refractivity contribution in [2.24, 2.45) is 0 Å². The van der Waals surface area contributed by atoms with Gasteiger partial charge in [-0.05, 0) is 13.3 Å². The number of hydrogen-bond acceptors (Lipinski definition) is 5. The van der Waals surface area contributed by atoms with Gasteiger partial charge in [0.25, 0.3) is 0 Å². The molecule has 0 aliphatic carbocycles. The Morgan fingerprint density at radius 2 is 2.38 bits per heavy atom. The molecule has 16 heavy (non-hydrogen) atoms. The van der Waals surface area contributed by atoms with E-state index in [2.05, 4.69) is 15.1 Å². The van der Waals surface area contributed by atoms with Gasteiger partial charge in [-0.25, -0.2) is 4.98 Å². The van der Waals surface area contributed by atoms with Crippen molar-refractivity contribution in [3.63, 3.8) is 0 Å². The number of imidazole rings is 1. The van der Waals surface area contributed by atoms with Gasteiger partial charge in [0.2, 0.25) is 5.95 Å². The molecule has 0 radical (unpaired) electrons. The van der Waals surface area contributed by atoms with E-state index >= 15 is 0 Å². The van der Waals surface area contributed by atoms with Crippen molar-refractivity contribution in [2.75, 3.05) is 5.73 Å². The topological polar surface area (TPSA) is 78.3 Å². The van der Waals surface area contributed by atoms with Crippen LogP contribution >= 0.6 is 11.6 Å². The van der Waals surface area contributed by atoms with Gasteiger partial charge in [0, 0.05) is 0 Å². The molecule has 0 aliphatic rings. The molecule has 2 aromatic heterocycles. The van der Waals surface area contributed by atoms with Crippen LogP contribution in [0.15, 0.2) is 6.20 Å². The summed E-state index contributed by atoms with van der Waals surface area (Å²) in [5, 5.41) is 4.30. The summed E-state index contributed by atoms with van der Waals surface area (Å²) >= 11 is 5.92. The second-order valence-electron chi connectivity index (χ2n) is 3.44. The molecule has 0 aromatic carbocycles. The molecule has 0 amide bonds. The molecule has 7 heteroatoms.